The minimum Gasteiger partial charge on any atom is -0.396 e. The van der Waals surface area contributed by atoms with Gasteiger partial charge >= 0.3 is 0 Å². The Hall–Kier alpha value is -2.16. The first-order valence-corrected chi connectivity index (χ1v) is 16.4. The highest BCUT2D eigenvalue weighted by atomic mass is 16.3. The first-order chi connectivity index (χ1) is 19.7. The fraction of sp³-hybridized carbons (Fsp3) is 0.600. The van der Waals surface area contributed by atoms with Gasteiger partial charge in [0.2, 0.25) is 0 Å². The topological polar surface area (TPSA) is 40.5 Å². The van der Waals surface area contributed by atoms with Gasteiger partial charge in [-0.05, 0) is 95.1 Å². The minimum absolute atomic E-state index is 0.0435. The molecule has 0 radical (unpaired) electrons. The second-order valence-corrected chi connectivity index (χ2v) is 15.1. The van der Waals surface area contributed by atoms with E-state index in [1.807, 2.05) is 0 Å². The summed E-state index contributed by atoms with van der Waals surface area (Å²) in [5.74, 6) is 0.00592. The van der Waals surface area contributed by atoms with Crippen molar-refractivity contribution >= 4 is 0 Å². The molecule has 0 unspecified atom stereocenters. The molecule has 4 atom stereocenters. The minimum atomic E-state index is -0.332. The third kappa shape index (κ3) is 7.86. The molecule has 3 aliphatic rings. The van der Waals surface area contributed by atoms with Crippen molar-refractivity contribution in [3.8, 4) is 0 Å². The summed E-state index contributed by atoms with van der Waals surface area (Å²) in [6, 6.07) is 0. The molecule has 2 nitrogen and oxygen atoms in total. The first-order valence-electron chi connectivity index (χ1n) is 16.4. The Morgan fingerprint density at radius 3 is 1.81 bits per heavy atom. The zero-order valence-corrected chi connectivity index (χ0v) is 28.5. The number of hydrogen-bond donors (Lipinski definition) is 2. The van der Waals surface area contributed by atoms with Crippen molar-refractivity contribution in [2.45, 2.75) is 108 Å². The van der Waals surface area contributed by atoms with E-state index in [1.54, 1.807) is 0 Å². The summed E-state index contributed by atoms with van der Waals surface area (Å²) < 4.78 is 0. The van der Waals surface area contributed by atoms with Crippen LogP contribution in [0, 0.1) is 34.0 Å². The third-order valence-electron chi connectivity index (χ3n) is 10.8. The average Bonchev–Trinajstić information content (AvgIpc) is 2.89. The Labute approximate surface area is 258 Å². The average molecular weight is 573 g/mol. The lowest BCUT2D eigenvalue weighted by molar-refractivity contribution is 0.0443. The van der Waals surface area contributed by atoms with Gasteiger partial charge in [0, 0.05) is 36.4 Å². The highest BCUT2D eigenvalue weighted by Gasteiger charge is 2.45. The lowest BCUT2D eigenvalue weighted by atomic mass is 9.58. The van der Waals surface area contributed by atoms with E-state index in [4.69, 9.17) is 0 Å². The van der Waals surface area contributed by atoms with Gasteiger partial charge in [0.05, 0.1) is 0 Å². The van der Waals surface area contributed by atoms with E-state index in [2.05, 4.69) is 124 Å². The SMILES string of the molecule is CC1=C[C@H](/C=C(C)/C=C/C2=C(C)CCCC2(C)C)[C@](C)(/C=C/C=C(C)/C=C/C2=C(C)CCCC2(C)C)[C@H](CO)[C@@H]1CO. The Balaban J connectivity index is 1.93. The van der Waals surface area contributed by atoms with E-state index in [1.165, 1.54) is 77.5 Å². The molecule has 232 valence electrons. The number of aliphatic hydroxyl groups is 2. The molecular weight excluding hydrogens is 512 g/mol. The molecule has 0 aromatic heterocycles. The van der Waals surface area contributed by atoms with Crippen LogP contribution in [0.5, 0.6) is 0 Å². The van der Waals surface area contributed by atoms with Crippen LogP contribution in [0.2, 0.25) is 0 Å². The lowest BCUT2D eigenvalue weighted by Gasteiger charge is -2.47. The summed E-state index contributed by atoms with van der Waals surface area (Å²) >= 11 is 0. The van der Waals surface area contributed by atoms with Gasteiger partial charge in [-0.3, -0.25) is 0 Å². The van der Waals surface area contributed by atoms with Gasteiger partial charge in [0.15, 0.2) is 0 Å². The molecule has 0 heterocycles. The molecule has 0 amide bonds. The lowest BCUT2D eigenvalue weighted by Crippen LogP contribution is -2.44. The second-order valence-electron chi connectivity index (χ2n) is 15.1. The molecule has 0 saturated carbocycles. The summed E-state index contributed by atoms with van der Waals surface area (Å²) in [4.78, 5) is 0. The van der Waals surface area contributed by atoms with E-state index in [9.17, 15) is 10.2 Å². The molecule has 0 saturated heterocycles. The van der Waals surface area contributed by atoms with E-state index in [0.29, 0.717) is 0 Å². The standard InChI is InChI=1S/C40H60O2/c1-28(17-19-35-30(3)15-12-21-38(35,6)7)14-11-23-40(10)33(25-32(5)34(26-41)37(40)27-42)24-29(2)18-20-36-31(4)16-13-22-39(36,8)9/h11,14,17-20,23-25,33-34,37,41-42H,12-13,15-16,21-22,26-27H2,1-10H3/b19-17+,20-18+,23-11+,28-14+,29-24+/t33-,34+,37+,40-/m0/s1. The molecule has 0 aliphatic heterocycles. The normalized spacial score (nSPS) is 31.1. The molecule has 2 N–H and O–H groups in total. The molecule has 0 bridgehead atoms. The molecule has 3 aliphatic carbocycles. The fourth-order valence-corrected chi connectivity index (χ4v) is 7.89. The maximum absolute atomic E-state index is 10.6. The highest BCUT2D eigenvalue weighted by Crippen LogP contribution is 2.49. The van der Waals surface area contributed by atoms with Crippen LogP contribution in [0.4, 0.5) is 0 Å². The van der Waals surface area contributed by atoms with Crippen molar-refractivity contribution in [3.05, 3.63) is 93.7 Å². The molecule has 3 rings (SSSR count). The number of hydrogen-bond acceptors (Lipinski definition) is 2. The van der Waals surface area contributed by atoms with Crippen molar-refractivity contribution in [2.75, 3.05) is 13.2 Å². The van der Waals surface area contributed by atoms with Crippen molar-refractivity contribution in [2.24, 2.45) is 34.0 Å². The maximum Gasteiger partial charge on any atom is 0.0500 e. The number of rotatable bonds is 9. The van der Waals surface area contributed by atoms with Gasteiger partial charge in [0.1, 0.15) is 0 Å². The van der Waals surface area contributed by atoms with Crippen molar-refractivity contribution in [1.29, 1.82) is 0 Å². The van der Waals surface area contributed by atoms with Crippen molar-refractivity contribution < 1.29 is 10.2 Å². The van der Waals surface area contributed by atoms with Gasteiger partial charge in [-0.25, -0.2) is 0 Å². The van der Waals surface area contributed by atoms with Gasteiger partial charge in [-0.15, -0.1) is 0 Å². The molecule has 0 fully saturated rings. The quantitative estimate of drug-likeness (QED) is 0.213. The largest absolute Gasteiger partial charge is 0.396 e. The predicted octanol–water partition coefficient (Wildman–Crippen LogP) is 10.4. The molecule has 2 heteroatoms. The number of allylic oxidation sites excluding steroid dienone is 15. The van der Waals surface area contributed by atoms with Crippen LogP contribution >= 0.6 is 0 Å². The molecule has 0 aromatic carbocycles. The van der Waals surface area contributed by atoms with Gasteiger partial charge in [-0.2, -0.15) is 0 Å². The van der Waals surface area contributed by atoms with E-state index >= 15 is 0 Å². The van der Waals surface area contributed by atoms with Crippen LogP contribution in [-0.4, -0.2) is 23.4 Å². The number of aliphatic hydroxyl groups excluding tert-OH is 2. The van der Waals surface area contributed by atoms with E-state index < -0.39 is 0 Å². The Bertz CT molecular complexity index is 1220. The maximum atomic E-state index is 10.6. The first kappa shape index (κ1) is 34.3. The van der Waals surface area contributed by atoms with Crippen LogP contribution in [-0.2, 0) is 0 Å². The highest BCUT2D eigenvalue weighted by molar-refractivity contribution is 5.39. The Morgan fingerprint density at radius 1 is 0.810 bits per heavy atom. The van der Waals surface area contributed by atoms with Crippen molar-refractivity contribution in [1.82, 2.24) is 0 Å². The van der Waals surface area contributed by atoms with Gasteiger partial charge < -0.3 is 10.2 Å². The van der Waals surface area contributed by atoms with Gasteiger partial charge in [0.25, 0.3) is 0 Å². The van der Waals surface area contributed by atoms with Crippen LogP contribution in [0.15, 0.2) is 93.7 Å². The van der Waals surface area contributed by atoms with E-state index in [-0.39, 0.29) is 47.2 Å². The summed E-state index contributed by atoms with van der Waals surface area (Å²) in [5, 5.41) is 20.9. The Morgan fingerprint density at radius 2 is 1.33 bits per heavy atom. The fourth-order valence-electron chi connectivity index (χ4n) is 7.89. The molecule has 0 aromatic rings. The summed E-state index contributed by atoms with van der Waals surface area (Å²) in [7, 11) is 0. The molecular formula is C40H60O2. The van der Waals surface area contributed by atoms with Crippen LogP contribution in [0.3, 0.4) is 0 Å². The summed E-state index contributed by atoms with van der Waals surface area (Å²) in [6.07, 6.45) is 27.9. The predicted molar refractivity (Wildman–Crippen MR) is 182 cm³/mol. The second kappa shape index (κ2) is 14.1. The zero-order chi connectivity index (χ0) is 31.3. The van der Waals surface area contributed by atoms with Gasteiger partial charge in [-0.1, -0.05) is 117 Å². The van der Waals surface area contributed by atoms with Crippen LogP contribution in [0.1, 0.15) is 108 Å². The Kier molecular flexibility index (Phi) is 11.5. The zero-order valence-electron chi connectivity index (χ0n) is 28.5. The third-order valence-corrected chi connectivity index (χ3v) is 10.8. The van der Waals surface area contributed by atoms with Crippen molar-refractivity contribution in [3.63, 3.8) is 0 Å². The van der Waals surface area contributed by atoms with Crippen LogP contribution < -0.4 is 0 Å². The summed E-state index contributed by atoms with van der Waals surface area (Å²) in [5.41, 5.74) is 9.71. The smallest absolute Gasteiger partial charge is 0.0500 e. The summed E-state index contributed by atoms with van der Waals surface area (Å²) in [6.45, 7) is 22.8. The molecule has 42 heavy (non-hydrogen) atoms. The van der Waals surface area contributed by atoms with E-state index in [0.717, 1.165) is 0 Å². The monoisotopic (exact) mass is 572 g/mol. The molecule has 0 spiro atoms. The van der Waals surface area contributed by atoms with Crippen LogP contribution in [0.25, 0.3) is 0 Å².